The highest BCUT2D eigenvalue weighted by Crippen LogP contribution is 2.14. The Kier molecular flexibility index (Phi) is 37.8. The van der Waals surface area contributed by atoms with Gasteiger partial charge in [-0.1, -0.05) is 152 Å². The van der Waals surface area contributed by atoms with Crippen molar-refractivity contribution >= 4 is 17.9 Å². The van der Waals surface area contributed by atoms with E-state index in [0.717, 1.165) is 83.5 Å². The van der Waals surface area contributed by atoms with Gasteiger partial charge in [-0.3, -0.25) is 9.59 Å². The van der Waals surface area contributed by atoms with E-state index in [4.69, 9.17) is 14.2 Å². The van der Waals surface area contributed by atoms with Gasteiger partial charge in [0.1, 0.15) is 12.6 Å². The van der Waals surface area contributed by atoms with Crippen molar-refractivity contribution in [2.24, 2.45) is 0 Å². The Morgan fingerprint density at radius 2 is 0.930 bits per heavy atom. The van der Waals surface area contributed by atoms with Crippen LogP contribution in [0.2, 0.25) is 0 Å². The Morgan fingerprint density at radius 3 is 1.37 bits per heavy atom. The van der Waals surface area contributed by atoms with E-state index in [2.05, 4.69) is 74.6 Å². The number of hydrogen-bond donors (Lipinski definition) is 0. The second-order valence-corrected chi connectivity index (χ2v) is 16.2. The van der Waals surface area contributed by atoms with Crippen molar-refractivity contribution in [2.75, 3.05) is 41.0 Å². The number of aliphatic carboxylic acids is 1. The Bertz CT molecular complexity index is 1120. The molecule has 0 heterocycles. The molecule has 0 saturated heterocycles. The van der Waals surface area contributed by atoms with Crippen molar-refractivity contribution in [3.05, 3.63) is 60.8 Å². The van der Waals surface area contributed by atoms with E-state index in [1.165, 1.54) is 64.2 Å². The van der Waals surface area contributed by atoms with E-state index in [0.29, 0.717) is 12.8 Å². The number of nitrogens with zero attached hydrogens (tertiary/aromatic N) is 1. The zero-order valence-corrected chi connectivity index (χ0v) is 37.2. The average Bonchev–Trinajstić information content (AvgIpc) is 3.17. The van der Waals surface area contributed by atoms with Gasteiger partial charge in [0, 0.05) is 19.3 Å². The van der Waals surface area contributed by atoms with Gasteiger partial charge in [0.25, 0.3) is 0 Å². The molecule has 8 nitrogen and oxygen atoms in total. The zero-order chi connectivity index (χ0) is 42.1. The lowest BCUT2D eigenvalue weighted by molar-refractivity contribution is -0.889. The molecule has 57 heavy (non-hydrogen) atoms. The smallest absolute Gasteiger partial charge is 0.306 e. The van der Waals surface area contributed by atoms with Crippen LogP contribution in [-0.4, -0.2) is 75.5 Å². The van der Waals surface area contributed by atoms with Crippen molar-refractivity contribution in [3.8, 4) is 0 Å². The second kappa shape index (κ2) is 39.8. The first-order valence-electron chi connectivity index (χ1n) is 22.8. The zero-order valence-electron chi connectivity index (χ0n) is 37.2. The molecular formula is C49H85NO7. The van der Waals surface area contributed by atoms with Gasteiger partial charge in [-0.15, -0.1) is 0 Å². The summed E-state index contributed by atoms with van der Waals surface area (Å²) in [6, 6.07) is -0.729. The van der Waals surface area contributed by atoms with Gasteiger partial charge < -0.3 is 28.6 Å². The van der Waals surface area contributed by atoms with Gasteiger partial charge >= 0.3 is 11.9 Å². The molecule has 2 unspecified atom stereocenters. The number of carbonyl (C=O) groups excluding carboxylic acids is 3. The molecule has 0 spiro atoms. The number of rotatable bonds is 40. The quantitative estimate of drug-likeness (QED) is 0.0263. The Hall–Kier alpha value is -2.97. The lowest BCUT2D eigenvalue weighted by atomic mass is 10.1. The molecule has 0 aliphatic carbocycles. The summed E-state index contributed by atoms with van der Waals surface area (Å²) in [7, 11) is 5.40. The molecule has 0 aliphatic rings. The maximum Gasteiger partial charge on any atom is 0.306 e. The number of unbranched alkanes of at least 4 members (excludes halogenated alkanes) is 16. The highest BCUT2D eigenvalue weighted by Gasteiger charge is 2.25. The average molecular weight is 800 g/mol. The van der Waals surface area contributed by atoms with Crippen LogP contribution in [0, 0.1) is 0 Å². The molecule has 328 valence electrons. The van der Waals surface area contributed by atoms with Gasteiger partial charge in [-0.2, -0.15) is 0 Å². The summed E-state index contributed by atoms with van der Waals surface area (Å²) in [4.78, 5) is 36.9. The first-order valence-corrected chi connectivity index (χ1v) is 22.8. The van der Waals surface area contributed by atoms with E-state index < -0.39 is 18.1 Å². The minimum Gasteiger partial charge on any atom is -0.544 e. The summed E-state index contributed by atoms with van der Waals surface area (Å²) in [5.74, 6) is -1.76. The van der Waals surface area contributed by atoms with Crippen molar-refractivity contribution in [1.29, 1.82) is 0 Å². The Balaban J connectivity index is 4.31. The summed E-state index contributed by atoms with van der Waals surface area (Å²) in [5, 5.41) is 11.6. The molecule has 0 N–H and O–H groups in total. The van der Waals surface area contributed by atoms with E-state index in [1.54, 1.807) is 21.1 Å². The number of carboxylic acid groups (broad SMARTS) is 1. The first kappa shape index (κ1) is 54.0. The number of esters is 2. The summed E-state index contributed by atoms with van der Waals surface area (Å²) < 4.78 is 17.2. The number of likely N-dealkylation sites (N-methyl/N-ethyl adjacent to an activating group) is 1. The number of allylic oxidation sites excluding steroid dienone is 10. The van der Waals surface area contributed by atoms with Crippen LogP contribution in [0.1, 0.15) is 181 Å². The Morgan fingerprint density at radius 1 is 0.526 bits per heavy atom. The van der Waals surface area contributed by atoms with Crippen molar-refractivity contribution in [3.63, 3.8) is 0 Å². The van der Waals surface area contributed by atoms with E-state index in [9.17, 15) is 19.5 Å². The normalized spacial score (nSPS) is 13.5. The number of carbonyl (C=O) groups is 3. The van der Waals surface area contributed by atoms with Crippen LogP contribution in [0.3, 0.4) is 0 Å². The Labute approximate surface area is 349 Å². The fraction of sp³-hybridized carbons (Fsp3) is 0.735. The molecule has 0 bridgehead atoms. The molecule has 0 radical (unpaired) electrons. The molecule has 0 amide bonds. The number of quaternary nitrogens is 1. The summed E-state index contributed by atoms with van der Waals surface area (Å²) in [6.07, 6.45) is 48.1. The van der Waals surface area contributed by atoms with Gasteiger partial charge in [0.05, 0.1) is 40.3 Å². The molecule has 2 atom stereocenters. The van der Waals surface area contributed by atoms with Gasteiger partial charge in [-0.25, -0.2) is 0 Å². The second-order valence-electron chi connectivity index (χ2n) is 16.2. The maximum atomic E-state index is 12.7. The molecule has 0 fully saturated rings. The van der Waals surface area contributed by atoms with Crippen molar-refractivity contribution in [1.82, 2.24) is 0 Å². The lowest BCUT2D eigenvalue weighted by Crippen LogP contribution is -2.55. The molecule has 0 rings (SSSR count). The molecule has 8 heteroatoms. The molecular weight excluding hydrogens is 715 g/mol. The molecule has 0 aromatic carbocycles. The predicted octanol–water partition coefficient (Wildman–Crippen LogP) is 11.2. The summed E-state index contributed by atoms with van der Waals surface area (Å²) in [5.41, 5.74) is 0. The van der Waals surface area contributed by atoms with Crippen LogP contribution < -0.4 is 5.11 Å². The highest BCUT2D eigenvalue weighted by atomic mass is 16.6. The molecule has 0 saturated carbocycles. The predicted molar refractivity (Wildman–Crippen MR) is 236 cm³/mol. The topological polar surface area (TPSA) is 102 Å². The minimum atomic E-state index is -1.13. The summed E-state index contributed by atoms with van der Waals surface area (Å²) >= 11 is 0. The van der Waals surface area contributed by atoms with Crippen LogP contribution in [0.25, 0.3) is 0 Å². The molecule has 0 aliphatic heterocycles. The highest BCUT2D eigenvalue weighted by molar-refractivity contribution is 5.70. The number of carboxylic acids is 1. The molecule has 0 aromatic rings. The van der Waals surface area contributed by atoms with Gasteiger partial charge in [0.15, 0.2) is 6.10 Å². The largest absolute Gasteiger partial charge is 0.544 e. The monoisotopic (exact) mass is 800 g/mol. The van der Waals surface area contributed by atoms with E-state index in [-0.39, 0.29) is 42.7 Å². The van der Waals surface area contributed by atoms with Gasteiger partial charge in [0.2, 0.25) is 0 Å². The minimum absolute atomic E-state index is 0.0340. The fourth-order valence-electron chi connectivity index (χ4n) is 6.42. The third-order valence-corrected chi connectivity index (χ3v) is 9.90. The van der Waals surface area contributed by atoms with Crippen molar-refractivity contribution < 1.29 is 38.2 Å². The van der Waals surface area contributed by atoms with E-state index in [1.807, 2.05) is 0 Å². The maximum absolute atomic E-state index is 12.7. The summed E-state index contributed by atoms with van der Waals surface area (Å²) in [6.45, 7) is 4.43. The van der Waals surface area contributed by atoms with Crippen LogP contribution in [-0.2, 0) is 28.6 Å². The third kappa shape index (κ3) is 38.3. The number of ether oxygens (including phenoxy) is 3. The lowest BCUT2D eigenvalue weighted by Gasteiger charge is -2.34. The van der Waals surface area contributed by atoms with Crippen LogP contribution in [0.4, 0.5) is 0 Å². The third-order valence-electron chi connectivity index (χ3n) is 9.90. The van der Waals surface area contributed by atoms with Crippen LogP contribution in [0.15, 0.2) is 60.8 Å². The van der Waals surface area contributed by atoms with Gasteiger partial charge in [-0.05, 0) is 70.6 Å². The first-order chi connectivity index (χ1) is 27.6. The number of hydrogen-bond acceptors (Lipinski definition) is 7. The van der Waals surface area contributed by atoms with Crippen LogP contribution >= 0.6 is 0 Å². The standard InChI is InChI=1S/C49H85NO7/c1-6-8-10-12-14-16-18-20-22-23-24-25-26-28-29-31-33-35-37-39-47(51)56-44-45(43-55-42-41-46(49(53)54)50(3,4)5)57-48(52)40-38-36-34-32-30-27-21-19-17-15-13-11-9-7-2/h8-11,14-17,20,22,45-46H,6-7,12-13,18-19,21,23-44H2,1-5H3/b10-8+,11-9+,16-14+,17-15+,22-20+. The molecule has 0 aromatic heterocycles. The fourth-order valence-corrected chi connectivity index (χ4v) is 6.42. The van der Waals surface area contributed by atoms with Crippen LogP contribution in [0.5, 0.6) is 0 Å². The SMILES string of the molecule is CC/C=C/C/C=C/C/C=C/CCCCCCCCCCCC(=O)OCC(COCCC(C(=O)[O-])[N+](C)(C)C)OC(=O)CCCCCCCCC/C=C/C/C=C/CC. The van der Waals surface area contributed by atoms with Crippen molar-refractivity contribution in [2.45, 2.75) is 193 Å². The van der Waals surface area contributed by atoms with E-state index >= 15 is 0 Å².